The number of hydrogen-bond donors (Lipinski definition) is 1. The fraction of sp³-hybridized carbons (Fsp3) is 0.440. The molecule has 10 nitrogen and oxygen atoms in total. The van der Waals surface area contributed by atoms with Crippen molar-refractivity contribution in [2.24, 2.45) is 0 Å². The minimum absolute atomic E-state index is 0.00663. The lowest BCUT2D eigenvalue weighted by molar-refractivity contribution is -0.384. The highest BCUT2D eigenvalue weighted by Crippen LogP contribution is 2.26. The highest BCUT2D eigenvalue weighted by Gasteiger charge is 2.32. The maximum atomic E-state index is 13.6. The molecule has 1 fully saturated rings. The van der Waals surface area contributed by atoms with Crippen LogP contribution in [-0.2, 0) is 26.2 Å². The second-order valence-corrected chi connectivity index (χ2v) is 12.1. The lowest BCUT2D eigenvalue weighted by atomic mass is 9.95. The molecule has 13 heteroatoms. The molecule has 1 aliphatic carbocycles. The highest BCUT2D eigenvalue weighted by molar-refractivity contribution is 7.92. The smallest absolute Gasteiger partial charge is 0.271 e. The van der Waals surface area contributed by atoms with Gasteiger partial charge in [-0.3, -0.25) is 24.0 Å². The SMILES string of the molecule is C[C@H](C(=O)NC1CCCCC1)N(Cc1ccc(Cl)cc1Cl)C(=O)CN(c1cccc([N+](=O)[O-])c1)S(C)(=O)=O. The van der Waals surface area contributed by atoms with Gasteiger partial charge in [0.1, 0.15) is 12.6 Å². The van der Waals surface area contributed by atoms with E-state index in [1.165, 1.54) is 29.2 Å². The van der Waals surface area contributed by atoms with Gasteiger partial charge < -0.3 is 10.2 Å². The number of anilines is 1. The molecule has 1 saturated carbocycles. The number of sulfonamides is 1. The van der Waals surface area contributed by atoms with Crippen LogP contribution in [0.4, 0.5) is 11.4 Å². The Morgan fingerprint density at radius 1 is 1.13 bits per heavy atom. The van der Waals surface area contributed by atoms with E-state index in [1.54, 1.807) is 19.1 Å². The Balaban J connectivity index is 1.92. The van der Waals surface area contributed by atoms with Gasteiger partial charge in [-0.2, -0.15) is 0 Å². The summed E-state index contributed by atoms with van der Waals surface area (Å²) in [5.74, 6) is -1.05. The summed E-state index contributed by atoms with van der Waals surface area (Å²) in [6, 6.07) is 8.79. The summed E-state index contributed by atoms with van der Waals surface area (Å²) in [5, 5.41) is 14.9. The van der Waals surface area contributed by atoms with Crippen molar-refractivity contribution in [1.29, 1.82) is 0 Å². The number of nitrogens with one attached hydrogen (secondary N) is 1. The number of nitro benzene ring substituents is 1. The Hall–Kier alpha value is -2.89. The molecule has 0 bridgehead atoms. The van der Waals surface area contributed by atoms with Crippen molar-refractivity contribution in [3.63, 3.8) is 0 Å². The van der Waals surface area contributed by atoms with Crippen LogP contribution in [0.1, 0.15) is 44.6 Å². The number of non-ortho nitro benzene ring substituents is 1. The molecular weight excluding hydrogens is 555 g/mol. The maximum Gasteiger partial charge on any atom is 0.271 e. The molecular formula is C25H30Cl2N4O6S. The lowest BCUT2D eigenvalue weighted by Crippen LogP contribution is -2.53. The number of amides is 2. The molecule has 0 saturated heterocycles. The zero-order valence-corrected chi connectivity index (χ0v) is 23.4. The van der Waals surface area contributed by atoms with Crippen LogP contribution in [0.15, 0.2) is 42.5 Å². The van der Waals surface area contributed by atoms with Gasteiger partial charge in [-0.15, -0.1) is 0 Å². The van der Waals surface area contributed by atoms with Crippen molar-refractivity contribution in [2.75, 3.05) is 17.1 Å². The van der Waals surface area contributed by atoms with Crippen molar-refractivity contribution in [3.8, 4) is 0 Å². The molecule has 0 heterocycles. The standard InChI is InChI=1S/C25H30Cl2N4O6S/c1-17(25(33)28-20-7-4-3-5-8-20)29(15-18-11-12-19(26)13-23(18)27)24(32)16-30(38(2,36)37)21-9-6-10-22(14-21)31(34)35/h6,9-14,17,20H,3-5,7-8,15-16H2,1-2H3,(H,28,33)/t17-/m1/s1. The zero-order valence-electron chi connectivity index (χ0n) is 21.1. The number of halogens is 2. The first-order chi connectivity index (χ1) is 17.9. The third kappa shape index (κ3) is 7.81. The van der Waals surface area contributed by atoms with E-state index in [0.29, 0.717) is 10.6 Å². The van der Waals surface area contributed by atoms with Crippen LogP contribution in [0.5, 0.6) is 0 Å². The van der Waals surface area contributed by atoms with E-state index in [2.05, 4.69) is 5.32 Å². The third-order valence-corrected chi connectivity index (χ3v) is 8.21. The van der Waals surface area contributed by atoms with Gasteiger partial charge in [0.2, 0.25) is 21.8 Å². The average molecular weight is 586 g/mol. The van der Waals surface area contributed by atoms with E-state index in [4.69, 9.17) is 23.2 Å². The quantitative estimate of drug-likeness (QED) is 0.322. The number of nitrogens with zero attached hydrogens (tertiary/aromatic N) is 3. The van der Waals surface area contributed by atoms with Gasteiger partial charge in [-0.1, -0.05) is 54.6 Å². The minimum atomic E-state index is -4.03. The number of nitro groups is 1. The summed E-state index contributed by atoms with van der Waals surface area (Å²) in [6.07, 6.45) is 5.73. The van der Waals surface area contributed by atoms with Gasteiger partial charge in [0.15, 0.2) is 0 Å². The van der Waals surface area contributed by atoms with Crippen molar-refractivity contribution in [3.05, 3.63) is 68.2 Å². The van der Waals surface area contributed by atoms with Crippen molar-refractivity contribution >= 4 is 56.4 Å². The van der Waals surface area contributed by atoms with Gasteiger partial charge in [0, 0.05) is 34.8 Å². The third-order valence-electron chi connectivity index (χ3n) is 6.48. The maximum absolute atomic E-state index is 13.6. The Bertz CT molecular complexity index is 1300. The second kappa shape index (κ2) is 12.8. The van der Waals surface area contributed by atoms with Crippen molar-refractivity contribution < 1.29 is 22.9 Å². The average Bonchev–Trinajstić information content (AvgIpc) is 2.86. The summed E-state index contributed by atoms with van der Waals surface area (Å²) < 4.78 is 26.1. The molecule has 2 amide bonds. The van der Waals surface area contributed by atoms with Crippen LogP contribution in [0.3, 0.4) is 0 Å². The molecule has 0 aliphatic heterocycles. The first-order valence-electron chi connectivity index (χ1n) is 12.1. The van der Waals surface area contributed by atoms with Crippen molar-refractivity contribution in [1.82, 2.24) is 10.2 Å². The number of rotatable bonds is 10. The van der Waals surface area contributed by atoms with Gasteiger partial charge >= 0.3 is 0 Å². The van der Waals surface area contributed by atoms with E-state index in [-0.39, 0.29) is 34.9 Å². The van der Waals surface area contributed by atoms with Crippen LogP contribution in [-0.4, -0.2) is 54.9 Å². The fourth-order valence-corrected chi connectivity index (χ4v) is 5.67. The Kier molecular flexibility index (Phi) is 9.97. The summed E-state index contributed by atoms with van der Waals surface area (Å²) in [4.78, 5) is 38.7. The number of carbonyl (C=O) groups is 2. The van der Waals surface area contributed by atoms with Crippen LogP contribution >= 0.6 is 23.2 Å². The summed E-state index contributed by atoms with van der Waals surface area (Å²) in [5.41, 5.74) is 0.149. The number of hydrogen-bond acceptors (Lipinski definition) is 6. The molecule has 2 aromatic carbocycles. The van der Waals surface area contributed by atoms with Crippen LogP contribution < -0.4 is 9.62 Å². The van der Waals surface area contributed by atoms with E-state index in [0.717, 1.165) is 48.7 Å². The lowest BCUT2D eigenvalue weighted by Gasteiger charge is -2.33. The Morgan fingerprint density at radius 2 is 1.82 bits per heavy atom. The Morgan fingerprint density at radius 3 is 2.42 bits per heavy atom. The van der Waals surface area contributed by atoms with Crippen LogP contribution in [0.2, 0.25) is 10.0 Å². The van der Waals surface area contributed by atoms with Crippen LogP contribution in [0.25, 0.3) is 0 Å². The van der Waals surface area contributed by atoms with E-state index in [1.807, 2.05) is 0 Å². The van der Waals surface area contributed by atoms with Crippen molar-refractivity contribution in [2.45, 2.75) is 57.7 Å². The summed E-state index contributed by atoms with van der Waals surface area (Å²) >= 11 is 12.4. The predicted molar refractivity (Wildman–Crippen MR) is 147 cm³/mol. The predicted octanol–water partition coefficient (Wildman–Crippen LogP) is 4.53. The number of carbonyl (C=O) groups excluding carboxylic acids is 2. The number of benzene rings is 2. The van der Waals surface area contributed by atoms with Gasteiger partial charge in [-0.25, -0.2) is 8.42 Å². The molecule has 0 radical (unpaired) electrons. The van der Waals surface area contributed by atoms with E-state index >= 15 is 0 Å². The molecule has 206 valence electrons. The molecule has 0 spiro atoms. The molecule has 1 aliphatic rings. The largest absolute Gasteiger partial charge is 0.352 e. The molecule has 38 heavy (non-hydrogen) atoms. The van der Waals surface area contributed by atoms with E-state index in [9.17, 15) is 28.1 Å². The first kappa shape index (κ1) is 29.7. The van der Waals surface area contributed by atoms with E-state index < -0.39 is 33.4 Å². The van der Waals surface area contributed by atoms with Gasteiger partial charge in [0.25, 0.3) is 5.69 Å². The minimum Gasteiger partial charge on any atom is -0.352 e. The Labute approximate surface area is 232 Å². The molecule has 3 rings (SSSR count). The first-order valence-corrected chi connectivity index (χ1v) is 14.7. The summed E-state index contributed by atoms with van der Waals surface area (Å²) in [6.45, 7) is 0.810. The fourth-order valence-electron chi connectivity index (χ4n) is 4.36. The molecule has 0 unspecified atom stereocenters. The molecule has 1 N–H and O–H groups in total. The zero-order chi connectivity index (χ0) is 28.0. The monoisotopic (exact) mass is 584 g/mol. The van der Waals surface area contributed by atoms with Crippen LogP contribution in [0, 0.1) is 10.1 Å². The molecule has 1 atom stereocenters. The molecule has 0 aromatic heterocycles. The normalized spacial score (nSPS) is 14.9. The second-order valence-electron chi connectivity index (χ2n) is 9.32. The topological polar surface area (TPSA) is 130 Å². The molecule has 2 aromatic rings. The summed E-state index contributed by atoms with van der Waals surface area (Å²) in [7, 11) is -4.03. The highest BCUT2D eigenvalue weighted by atomic mass is 35.5. The van der Waals surface area contributed by atoms with Gasteiger partial charge in [0.05, 0.1) is 16.9 Å². The van der Waals surface area contributed by atoms with Gasteiger partial charge in [-0.05, 0) is 43.5 Å².